The Morgan fingerprint density at radius 3 is 2.73 bits per heavy atom. The van der Waals surface area contributed by atoms with E-state index >= 15 is 0 Å². The Balaban J connectivity index is 1.93. The second-order valence-electron chi connectivity index (χ2n) is 4.40. The number of aliphatic hydroxyl groups is 1. The number of ether oxygens (including phenoxy) is 1. The van der Waals surface area contributed by atoms with Crippen molar-refractivity contribution >= 4 is 5.91 Å². The fourth-order valence-electron chi connectivity index (χ4n) is 2.49. The fourth-order valence-corrected chi connectivity index (χ4v) is 2.49. The van der Waals surface area contributed by atoms with Gasteiger partial charge in [-0.2, -0.15) is 0 Å². The van der Waals surface area contributed by atoms with Crippen molar-refractivity contribution in [1.82, 2.24) is 4.90 Å². The van der Waals surface area contributed by atoms with Crippen LogP contribution in [0.1, 0.15) is 25.7 Å². The number of hydrogen-bond donors (Lipinski definition) is 1. The molecule has 0 aromatic carbocycles. The van der Waals surface area contributed by atoms with Gasteiger partial charge in [0.25, 0.3) is 0 Å². The molecule has 2 aliphatic rings. The molecule has 4 nitrogen and oxygen atoms in total. The van der Waals surface area contributed by atoms with Gasteiger partial charge in [-0.25, -0.2) is 0 Å². The van der Waals surface area contributed by atoms with Crippen LogP contribution >= 0.6 is 0 Å². The lowest BCUT2D eigenvalue weighted by Gasteiger charge is -2.29. The van der Waals surface area contributed by atoms with Gasteiger partial charge in [-0.05, 0) is 25.7 Å². The van der Waals surface area contributed by atoms with Crippen LogP contribution in [-0.4, -0.2) is 48.3 Å². The Kier molecular flexibility index (Phi) is 3.59. The number of carbonyl (C=O) groups is 1. The van der Waals surface area contributed by atoms with E-state index < -0.39 is 0 Å². The molecule has 0 aromatic rings. The number of carbonyl (C=O) groups excluding carboxylic acids is 1. The minimum Gasteiger partial charge on any atom is -0.394 e. The smallest absolute Gasteiger partial charge is 0.226 e. The minimum atomic E-state index is 0.0698. The first kappa shape index (κ1) is 10.9. The van der Waals surface area contributed by atoms with Crippen LogP contribution in [0.4, 0.5) is 0 Å². The van der Waals surface area contributed by atoms with Crippen molar-refractivity contribution in [1.29, 1.82) is 0 Å². The van der Waals surface area contributed by atoms with Crippen LogP contribution in [0.25, 0.3) is 0 Å². The van der Waals surface area contributed by atoms with Gasteiger partial charge in [0.15, 0.2) is 0 Å². The Bertz CT molecular complexity index is 226. The highest BCUT2D eigenvalue weighted by atomic mass is 16.5. The Morgan fingerprint density at radius 2 is 2.07 bits per heavy atom. The van der Waals surface area contributed by atoms with Gasteiger partial charge in [0.1, 0.15) is 0 Å². The molecule has 1 amide bonds. The molecule has 2 heterocycles. The standard InChI is InChI=1S/C11H19NO3/c13-8-10-2-1-5-12(10)11(14)9-3-6-15-7-4-9/h9-10,13H,1-8H2/t10-/m1/s1. The largest absolute Gasteiger partial charge is 0.394 e. The molecule has 2 aliphatic heterocycles. The third-order valence-corrected chi connectivity index (χ3v) is 3.44. The van der Waals surface area contributed by atoms with Crippen molar-refractivity contribution in [2.75, 3.05) is 26.4 Å². The highest BCUT2D eigenvalue weighted by Gasteiger charge is 2.33. The monoisotopic (exact) mass is 213 g/mol. The first-order chi connectivity index (χ1) is 7.33. The summed E-state index contributed by atoms with van der Waals surface area (Å²) in [5.41, 5.74) is 0. The molecule has 0 aromatic heterocycles. The van der Waals surface area contributed by atoms with E-state index in [4.69, 9.17) is 9.84 Å². The van der Waals surface area contributed by atoms with Crippen molar-refractivity contribution in [3.8, 4) is 0 Å². The summed E-state index contributed by atoms with van der Waals surface area (Å²) in [5, 5.41) is 9.17. The first-order valence-electron chi connectivity index (χ1n) is 5.82. The lowest BCUT2D eigenvalue weighted by molar-refractivity contribution is -0.140. The van der Waals surface area contributed by atoms with Crippen LogP contribution < -0.4 is 0 Å². The van der Waals surface area contributed by atoms with Crippen LogP contribution in [0.2, 0.25) is 0 Å². The van der Waals surface area contributed by atoms with Crippen molar-refractivity contribution in [3.05, 3.63) is 0 Å². The Labute approximate surface area is 90.2 Å². The number of rotatable bonds is 2. The van der Waals surface area contributed by atoms with E-state index in [-0.39, 0.29) is 24.5 Å². The molecule has 1 N–H and O–H groups in total. The average molecular weight is 213 g/mol. The molecule has 4 heteroatoms. The third-order valence-electron chi connectivity index (χ3n) is 3.44. The second kappa shape index (κ2) is 4.94. The van der Waals surface area contributed by atoms with Gasteiger partial charge in [0, 0.05) is 25.7 Å². The maximum atomic E-state index is 12.1. The number of hydrogen-bond acceptors (Lipinski definition) is 3. The molecule has 2 rings (SSSR count). The van der Waals surface area contributed by atoms with E-state index in [1.54, 1.807) is 0 Å². The average Bonchev–Trinajstić information content (AvgIpc) is 2.77. The van der Waals surface area contributed by atoms with Gasteiger partial charge in [-0.1, -0.05) is 0 Å². The van der Waals surface area contributed by atoms with Gasteiger partial charge in [-0.3, -0.25) is 4.79 Å². The van der Waals surface area contributed by atoms with E-state index in [2.05, 4.69) is 0 Å². The summed E-state index contributed by atoms with van der Waals surface area (Å²) >= 11 is 0. The molecule has 1 atom stereocenters. The van der Waals surface area contributed by atoms with Crippen LogP contribution in [0.5, 0.6) is 0 Å². The Morgan fingerprint density at radius 1 is 1.33 bits per heavy atom. The Hall–Kier alpha value is -0.610. The van der Waals surface area contributed by atoms with E-state index in [1.165, 1.54) is 0 Å². The van der Waals surface area contributed by atoms with Crippen molar-refractivity contribution in [2.24, 2.45) is 5.92 Å². The number of nitrogens with zero attached hydrogens (tertiary/aromatic N) is 1. The zero-order chi connectivity index (χ0) is 10.7. The predicted octanol–water partition coefficient (Wildman–Crippen LogP) is 0.396. The predicted molar refractivity (Wildman–Crippen MR) is 55.4 cm³/mol. The second-order valence-corrected chi connectivity index (χ2v) is 4.40. The number of amides is 1. The molecule has 0 bridgehead atoms. The third kappa shape index (κ3) is 2.32. The maximum absolute atomic E-state index is 12.1. The lowest BCUT2D eigenvalue weighted by Crippen LogP contribution is -2.42. The molecular formula is C11H19NO3. The molecular weight excluding hydrogens is 194 g/mol. The number of aliphatic hydroxyl groups excluding tert-OH is 1. The molecule has 2 fully saturated rings. The maximum Gasteiger partial charge on any atom is 0.226 e. The molecule has 0 spiro atoms. The zero-order valence-electron chi connectivity index (χ0n) is 9.02. The van der Waals surface area contributed by atoms with Gasteiger partial charge < -0.3 is 14.7 Å². The summed E-state index contributed by atoms with van der Waals surface area (Å²) in [6.45, 7) is 2.33. The molecule has 0 saturated carbocycles. The topological polar surface area (TPSA) is 49.8 Å². The van der Waals surface area contributed by atoms with Crippen LogP contribution in [0.3, 0.4) is 0 Å². The van der Waals surface area contributed by atoms with E-state index in [9.17, 15) is 4.79 Å². The van der Waals surface area contributed by atoms with Crippen molar-refractivity contribution in [2.45, 2.75) is 31.7 Å². The molecule has 0 radical (unpaired) electrons. The van der Waals surface area contributed by atoms with Gasteiger partial charge >= 0.3 is 0 Å². The SMILES string of the molecule is O=C(C1CCOCC1)N1CCC[C@@H]1CO. The van der Waals surface area contributed by atoms with Gasteiger partial charge in [0.2, 0.25) is 5.91 Å². The van der Waals surface area contributed by atoms with Crippen LogP contribution in [0, 0.1) is 5.92 Å². The summed E-state index contributed by atoms with van der Waals surface area (Å²) < 4.78 is 5.25. The fraction of sp³-hybridized carbons (Fsp3) is 0.909. The van der Waals surface area contributed by atoms with E-state index in [0.29, 0.717) is 13.2 Å². The normalized spacial score (nSPS) is 28.3. The quantitative estimate of drug-likeness (QED) is 0.722. The summed E-state index contributed by atoms with van der Waals surface area (Å²) in [5.74, 6) is 0.362. The van der Waals surface area contributed by atoms with Crippen LogP contribution in [0.15, 0.2) is 0 Å². The number of likely N-dealkylation sites (tertiary alicyclic amines) is 1. The molecule has 86 valence electrons. The van der Waals surface area contributed by atoms with Gasteiger partial charge in [-0.15, -0.1) is 0 Å². The molecule has 15 heavy (non-hydrogen) atoms. The summed E-state index contributed by atoms with van der Waals surface area (Å²) in [4.78, 5) is 14.0. The first-order valence-corrected chi connectivity index (χ1v) is 5.82. The highest BCUT2D eigenvalue weighted by molar-refractivity contribution is 5.79. The molecule has 2 saturated heterocycles. The molecule has 0 unspecified atom stereocenters. The van der Waals surface area contributed by atoms with Crippen LogP contribution in [-0.2, 0) is 9.53 Å². The van der Waals surface area contributed by atoms with Crippen molar-refractivity contribution < 1.29 is 14.6 Å². The van der Waals surface area contributed by atoms with E-state index in [0.717, 1.165) is 32.2 Å². The molecule has 0 aliphatic carbocycles. The lowest BCUT2D eigenvalue weighted by atomic mass is 9.98. The highest BCUT2D eigenvalue weighted by Crippen LogP contribution is 2.23. The minimum absolute atomic E-state index is 0.0698. The van der Waals surface area contributed by atoms with Crippen molar-refractivity contribution in [3.63, 3.8) is 0 Å². The summed E-state index contributed by atoms with van der Waals surface area (Å²) in [6.07, 6.45) is 3.66. The summed E-state index contributed by atoms with van der Waals surface area (Å²) in [6, 6.07) is 0.0698. The summed E-state index contributed by atoms with van der Waals surface area (Å²) in [7, 11) is 0. The van der Waals surface area contributed by atoms with E-state index in [1.807, 2.05) is 4.90 Å². The zero-order valence-corrected chi connectivity index (χ0v) is 9.02. The van der Waals surface area contributed by atoms with Gasteiger partial charge in [0.05, 0.1) is 12.6 Å².